The number of nitrogens with one attached hydrogen (secondary N) is 1. The zero-order valence-electron chi connectivity index (χ0n) is 9.76. The van der Waals surface area contributed by atoms with E-state index in [0.717, 1.165) is 0 Å². The number of hydrogen-bond donors (Lipinski definition) is 2. The highest BCUT2D eigenvalue weighted by Gasteiger charge is 2.22. The van der Waals surface area contributed by atoms with Crippen molar-refractivity contribution >= 4 is 11.9 Å². The van der Waals surface area contributed by atoms with E-state index in [2.05, 4.69) is 10.1 Å². The van der Waals surface area contributed by atoms with Crippen molar-refractivity contribution in [1.82, 2.24) is 9.88 Å². The molecule has 0 bridgehead atoms. The van der Waals surface area contributed by atoms with E-state index in [-0.39, 0.29) is 6.61 Å². The summed E-state index contributed by atoms with van der Waals surface area (Å²) in [7, 11) is 0. The van der Waals surface area contributed by atoms with Crippen LogP contribution in [-0.4, -0.2) is 35.6 Å². The van der Waals surface area contributed by atoms with Gasteiger partial charge in [0.05, 0.1) is 6.61 Å². The number of rotatable bonds is 6. The molecule has 6 nitrogen and oxygen atoms in total. The number of nitrogens with two attached hydrogens (primary N) is 1. The zero-order valence-corrected chi connectivity index (χ0v) is 9.76. The number of hydrogen-bond acceptors (Lipinski definition) is 4. The molecule has 1 rings (SSSR count). The van der Waals surface area contributed by atoms with Gasteiger partial charge in [-0.25, -0.2) is 4.79 Å². The molecule has 0 fully saturated rings. The van der Waals surface area contributed by atoms with Gasteiger partial charge in [-0.3, -0.25) is 4.79 Å². The minimum absolute atomic E-state index is 0.211. The molecule has 0 spiro atoms. The average molecular weight is 239 g/mol. The second-order valence-electron chi connectivity index (χ2n) is 3.44. The normalized spacial score (nSPS) is 11.9. The molecule has 17 heavy (non-hydrogen) atoms. The highest BCUT2D eigenvalue weighted by molar-refractivity contribution is 6.01. The lowest BCUT2D eigenvalue weighted by Gasteiger charge is -2.11. The number of nitrogens with zero attached hydrogens (tertiary/aromatic N) is 1. The van der Waals surface area contributed by atoms with Gasteiger partial charge in [0.1, 0.15) is 0 Å². The van der Waals surface area contributed by atoms with Gasteiger partial charge >= 0.3 is 5.97 Å². The molecule has 6 heteroatoms. The molecule has 0 saturated heterocycles. The number of ether oxygens (including phenoxy) is 1. The Morgan fingerprint density at radius 2 is 2.06 bits per heavy atom. The number of amides is 1. The summed E-state index contributed by atoms with van der Waals surface area (Å²) in [6.45, 7) is 2.92. The van der Waals surface area contributed by atoms with Crippen LogP contribution in [0.15, 0.2) is 24.5 Å². The molecular formula is C11H17N3O3. The van der Waals surface area contributed by atoms with E-state index in [9.17, 15) is 9.59 Å². The molecule has 1 aromatic rings. The first-order valence-electron chi connectivity index (χ1n) is 5.46. The van der Waals surface area contributed by atoms with E-state index in [0.29, 0.717) is 13.1 Å². The van der Waals surface area contributed by atoms with Crippen molar-refractivity contribution in [2.75, 3.05) is 13.2 Å². The van der Waals surface area contributed by atoms with Crippen LogP contribution in [0.5, 0.6) is 0 Å². The van der Waals surface area contributed by atoms with Crippen molar-refractivity contribution < 1.29 is 14.3 Å². The molecule has 3 N–H and O–H groups in total. The highest BCUT2D eigenvalue weighted by Crippen LogP contribution is 1.89. The van der Waals surface area contributed by atoms with Crippen LogP contribution in [0.3, 0.4) is 0 Å². The molecule has 1 heterocycles. The Morgan fingerprint density at radius 1 is 1.41 bits per heavy atom. The Hall–Kier alpha value is -1.82. The molecule has 0 aromatic carbocycles. The van der Waals surface area contributed by atoms with Gasteiger partial charge in [-0.1, -0.05) is 0 Å². The summed E-state index contributed by atoms with van der Waals surface area (Å²) in [5.74, 6) is -1.22. The lowest BCUT2D eigenvalue weighted by Crippen LogP contribution is -2.47. The molecule has 0 aliphatic carbocycles. The van der Waals surface area contributed by atoms with E-state index in [1.807, 2.05) is 29.1 Å². The summed E-state index contributed by atoms with van der Waals surface area (Å²) in [4.78, 5) is 22.6. The number of carbonyl (C=O) groups excluding carboxylic acids is 2. The van der Waals surface area contributed by atoms with Gasteiger partial charge in [0.2, 0.25) is 5.91 Å². The first kappa shape index (κ1) is 13.2. The van der Waals surface area contributed by atoms with Gasteiger partial charge in [0.25, 0.3) is 0 Å². The SMILES string of the molecule is CCOC(=O)C(N)C(=O)NCCn1cccc1. The van der Waals surface area contributed by atoms with Crippen LogP contribution in [-0.2, 0) is 20.9 Å². The first-order valence-corrected chi connectivity index (χ1v) is 5.46. The second kappa shape index (κ2) is 6.70. The van der Waals surface area contributed by atoms with E-state index < -0.39 is 17.9 Å². The molecule has 0 radical (unpaired) electrons. The predicted molar refractivity (Wildman–Crippen MR) is 62.1 cm³/mol. The second-order valence-corrected chi connectivity index (χ2v) is 3.44. The molecule has 0 saturated carbocycles. The third-order valence-electron chi connectivity index (χ3n) is 2.16. The average Bonchev–Trinajstić information content (AvgIpc) is 2.81. The fourth-order valence-electron chi connectivity index (χ4n) is 1.28. The molecule has 0 aliphatic heterocycles. The molecule has 94 valence electrons. The van der Waals surface area contributed by atoms with E-state index in [1.54, 1.807) is 6.92 Å². The van der Waals surface area contributed by atoms with Crippen LogP contribution in [0.4, 0.5) is 0 Å². The first-order chi connectivity index (χ1) is 8.15. The maximum atomic E-state index is 11.4. The van der Waals surface area contributed by atoms with Crippen molar-refractivity contribution in [1.29, 1.82) is 0 Å². The Balaban J connectivity index is 2.27. The van der Waals surface area contributed by atoms with Gasteiger partial charge in [-0.15, -0.1) is 0 Å². The molecule has 1 aromatic heterocycles. The predicted octanol–water partition coefficient (Wildman–Crippen LogP) is -0.505. The van der Waals surface area contributed by atoms with Crippen LogP contribution in [0.25, 0.3) is 0 Å². The van der Waals surface area contributed by atoms with Gasteiger partial charge in [0, 0.05) is 25.5 Å². The summed E-state index contributed by atoms with van der Waals surface area (Å²) >= 11 is 0. The van der Waals surface area contributed by atoms with Crippen LogP contribution in [0, 0.1) is 0 Å². The van der Waals surface area contributed by atoms with Gasteiger partial charge in [0.15, 0.2) is 6.04 Å². The van der Waals surface area contributed by atoms with Crippen LogP contribution < -0.4 is 11.1 Å². The standard InChI is InChI=1S/C11H17N3O3/c1-2-17-11(16)9(12)10(15)13-5-8-14-6-3-4-7-14/h3-4,6-7,9H,2,5,8,12H2,1H3,(H,13,15). The summed E-state index contributed by atoms with van der Waals surface area (Å²) in [5, 5.41) is 2.57. The maximum Gasteiger partial charge on any atom is 0.332 e. The summed E-state index contributed by atoms with van der Waals surface area (Å²) in [6, 6.07) is 2.54. The van der Waals surface area contributed by atoms with Crippen LogP contribution in [0.2, 0.25) is 0 Å². The van der Waals surface area contributed by atoms with E-state index >= 15 is 0 Å². The molecular weight excluding hydrogens is 222 g/mol. The minimum Gasteiger partial charge on any atom is -0.464 e. The third-order valence-corrected chi connectivity index (χ3v) is 2.16. The largest absolute Gasteiger partial charge is 0.464 e. The maximum absolute atomic E-state index is 11.4. The smallest absolute Gasteiger partial charge is 0.332 e. The third kappa shape index (κ3) is 4.28. The zero-order chi connectivity index (χ0) is 12.7. The van der Waals surface area contributed by atoms with Crippen molar-refractivity contribution in [2.45, 2.75) is 19.5 Å². The summed E-state index contributed by atoms with van der Waals surface area (Å²) in [6.07, 6.45) is 3.77. The summed E-state index contributed by atoms with van der Waals surface area (Å²) < 4.78 is 6.56. The Labute approximate surface area is 99.7 Å². The van der Waals surface area contributed by atoms with Crippen molar-refractivity contribution in [3.8, 4) is 0 Å². The fourth-order valence-corrected chi connectivity index (χ4v) is 1.28. The van der Waals surface area contributed by atoms with Gasteiger partial charge in [-0.05, 0) is 19.1 Å². The fraction of sp³-hybridized carbons (Fsp3) is 0.455. The number of aromatic nitrogens is 1. The van der Waals surface area contributed by atoms with Crippen LogP contribution >= 0.6 is 0 Å². The van der Waals surface area contributed by atoms with E-state index in [1.165, 1.54) is 0 Å². The molecule has 1 atom stereocenters. The van der Waals surface area contributed by atoms with Gasteiger partial charge in [-0.2, -0.15) is 0 Å². The highest BCUT2D eigenvalue weighted by atomic mass is 16.5. The lowest BCUT2D eigenvalue weighted by atomic mass is 10.3. The number of esters is 1. The number of carbonyl (C=O) groups is 2. The quantitative estimate of drug-likeness (QED) is 0.517. The minimum atomic E-state index is -1.25. The molecule has 1 unspecified atom stereocenters. The molecule has 0 aliphatic rings. The Bertz CT molecular complexity index is 362. The topological polar surface area (TPSA) is 86.3 Å². The van der Waals surface area contributed by atoms with Gasteiger partial charge < -0.3 is 20.4 Å². The van der Waals surface area contributed by atoms with Crippen LogP contribution in [0.1, 0.15) is 6.92 Å². The Morgan fingerprint density at radius 3 is 2.65 bits per heavy atom. The monoisotopic (exact) mass is 239 g/mol. The van der Waals surface area contributed by atoms with Crippen molar-refractivity contribution in [3.63, 3.8) is 0 Å². The molecule has 1 amide bonds. The summed E-state index contributed by atoms with van der Waals surface area (Å²) in [5.41, 5.74) is 5.41. The van der Waals surface area contributed by atoms with Crippen molar-refractivity contribution in [2.24, 2.45) is 5.73 Å². The Kier molecular flexibility index (Phi) is 5.22. The van der Waals surface area contributed by atoms with E-state index in [4.69, 9.17) is 5.73 Å². The van der Waals surface area contributed by atoms with Crippen molar-refractivity contribution in [3.05, 3.63) is 24.5 Å². The lowest BCUT2D eigenvalue weighted by molar-refractivity contribution is -0.147.